The first-order chi connectivity index (χ1) is 20.4. The molecule has 6 rings (SSSR count). The molecule has 4 aliphatic rings. The highest BCUT2D eigenvalue weighted by Crippen LogP contribution is 2.37. The van der Waals surface area contributed by atoms with Crippen LogP contribution < -0.4 is 11.1 Å². The fourth-order valence-corrected chi connectivity index (χ4v) is 7.26. The molecule has 10 nitrogen and oxygen atoms in total. The van der Waals surface area contributed by atoms with Gasteiger partial charge in [0.1, 0.15) is 22.6 Å². The predicted molar refractivity (Wildman–Crippen MR) is 168 cm³/mol. The smallest absolute Gasteiger partial charge is 0.151 e. The first-order valence-electron chi connectivity index (χ1n) is 16.0. The highest BCUT2D eigenvalue weighted by molar-refractivity contribution is 5.95. The molecule has 0 amide bonds. The first kappa shape index (κ1) is 29.1. The molecule has 4 heterocycles. The van der Waals surface area contributed by atoms with Crippen molar-refractivity contribution in [2.45, 2.75) is 82.9 Å². The maximum Gasteiger partial charge on any atom is 0.151 e. The van der Waals surface area contributed by atoms with Crippen molar-refractivity contribution >= 4 is 28.2 Å². The maximum absolute atomic E-state index is 10.2. The van der Waals surface area contributed by atoms with Gasteiger partial charge in [-0.3, -0.25) is 4.90 Å². The van der Waals surface area contributed by atoms with E-state index in [0.29, 0.717) is 17.4 Å². The van der Waals surface area contributed by atoms with Gasteiger partial charge in [0, 0.05) is 63.1 Å². The number of aliphatic hydroxyl groups is 1. The van der Waals surface area contributed by atoms with Gasteiger partial charge in [0.2, 0.25) is 0 Å². The average molecular weight is 577 g/mol. The number of piperazine rings is 1. The molecule has 2 aliphatic carbocycles. The monoisotopic (exact) mass is 576 g/mol. The number of allylic oxidation sites excluding steroid dienone is 3. The summed E-state index contributed by atoms with van der Waals surface area (Å²) in [4.78, 5) is 22.3. The van der Waals surface area contributed by atoms with Gasteiger partial charge in [-0.15, -0.1) is 0 Å². The number of likely N-dealkylation sites (tertiary alicyclic amines) is 1. The van der Waals surface area contributed by atoms with Crippen molar-refractivity contribution in [2.24, 2.45) is 0 Å². The molecule has 10 heteroatoms. The van der Waals surface area contributed by atoms with Crippen LogP contribution in [0, 0.1) is 0 Å². The van der Waals surface area contributed by atoms with Crippen LogP contribution in [0.1, 0.15) is 69.5 Å². The van der Waals surface area contributed by atoms with E-state index in [-0.39, 0.29) is 12.1 Å². The lowest BCUT2D eigenvalue weighted by Gasteiger charge is -2.43. The van der Waals surface area contributed by atoms with Crippen LogP contribution in [0.25, 0.3) is 16.6 Å². The number of piperidine rings is 1. The van der Waals surface area contributed by atoms with E-state index in [1.807, 2.05) is 6.20 Å². The molecule has 2 aromatic rings. The van der Waals surface area contributed by atoms with Crippen LogP contribution in [-0.2, 0) is 11.2 Å². The molecule has 3 fully saturated rings. The first-order valence-corrected chi connectivity index (χ1v) is 16.0. The Hall–Kier alpha value is -2.95. The van der Waals surface area contributed by atoms with Gasteiger partial charge in [0.05, 0.1) is 24.6 Å². The number of nitrogen functional groups attached to an aromatic ring is 1. The zero-order valence-electron chi connectivity index (χ0n) is 25.6. The number of fused-ring (bicyclic) bond motifs is 1. The average Bonchev–Trinajstić information content (AvgIpc) is 3.01. The SMILES string of the molecule is CCc1nc2c(N)ncc(C3=CC(OC)=C(N4CCC(N5CCN(C)CC5)CC4)CC3)c2nc1NC1CCCC(O)C1. The molecule has 4 N–H and O–H groups in total. The number of aryl methyl sites for hydroxylation is 1. The Morgan fingerprint density at radius 3 is 2.52 bits per heavy atom. The number of likely N-dealkylation sites (N-methyl/N-ethyl adjacent to an activating group) is 1. The third-order valence-electron chi connectivity index (χ3n) is 9.81. The van der Waals surface area contributed by atoms with E-state index >= 15 is 0 Å². The molecule has 0 bridgehead atoms. The van der Waals surface area contributed by atoms with Crippen molar-refractivity contribution in [3.05, 3.63) is 35.0 Å². The van der Waals surface area contributed by atoms with Crippen LogP contribution in [0.4, 0.5) is 11.6 Å². The van der Waals surface area contributed by atoms with Crippen molar-refractivity contribution in [2.75, 3.05) is 64.5 Å². The van der Waals surface area contributed by atoms with Crippen LogP contribution >= 0.6 is 0 Å². The van der Waals surface area contributed by atoms with E-state index in [4.69, 9.17) is 20.4 Å². The largest absolute Gasteiger partial charge is 0.495 e. The number of nitrogens with zero attached hydrogens (tertiary/aromatic N) is 6. The van der Waals surface area contributed by atoms with Gasteiger partial charge in [-0.1, -0.05) is 6.92 Å². The summed E-state index contributed by atoms with van der Waals surface area (Å²) in [6.45, 7) is 8.95. The summed E-state index contributed by atoms with van der Waals surface area (Å²) in [5, 5.41) is 13.8. The molecule has 1 saturated carbocycles. The standard InChI is InChI=1S/C32H48N8O2/c1-4-26-32(35-22-6-5-7-24(41)19-22)37-29-25(20-34-31(33)30(29)36-26)21-8-9-27(28(18-21)42-3)40-12-10-23(11-13-40)39-16-14-38(2)15-17-39/h18,20,22-24,41H,4-17,19H2,1-3H3,(H2,33,34)(H,35,37). The van der Waals surface area contributed by atoms with Crippen molar-refractivity contribution in [1.82, 2.24) is 29.7 Å². The zero-order valence-corrected chi connectivity index (χ0v) is 25.6. The number of pyridine rings is 1. The lowest BCUT2D eigenvalue weighted by atomic mass is 9.92. The van der Waals surface area contributed by atoms with E-state index in [0.717, 1.165) is 92.0 Å². The zero-order chi connectivity index (χ0) is 29.2. The summed E-state index contributed by atoms with van der Waals surface area (Å²) in [6.07, 6.45) is 12.4. The Bertz CT molecular complexity index is 1330. The van der Waals surface area contributed by atoms with Crippen molar-refractivity contribution in [3.63, 3.8) is 0 Å². The maximum atomic E-state index is 10.2. The molecule has 2 aliphatic heterocycles. The van der Waals surface area contributed by atoms with Gasteiger partial charge >= 0.3 is 0 Å². The summed E-state index contributed by atoms with van der Waals surface area (Å²) in [7, 11) is 4.00. The molecule has 0 radical (unpaired) electrons. The van der Waals surface area contributed by atoms with Gasteiger partial charge in [-0.25, -0.2) is 15.0 Å². The minimum Gasteiger partial charge on any atom is -0.495 e. The van der Waals surface area contributed by atoms with Gasteiger partial charge in [-0.2, -0.15) is 0 Å². The second-order valence-electron chi connectivity index (χ2n) is 12.5. The highest BCUT2D eigenvalue weighted by Gasteiger charge is 2.30. The summed E-state index contributed by atoms with van der Waals surface area (Å²) < 4.78 is 6.00. The predicted octanol–water partition coefficient (Wildman–Crippen LogP) is 3.63. The number of nitrogens with one attached hydrogen (secondary N) is 1. The molecule has 2 aromatic heterocycles. The number of hydrogen-bond acceptors (Lipinski definition) is 10. The molecule has 2 unspecified atom stereocenters. The van der Waals surface area contributed by atoms with Crippen LogP contribution in [-0.4, -0.2) is 106 Å². The second kappa shape index (κ2) is 12.7. The number of hydrogen-bond donors (Lipinski definition) is 3. The molecule has 0 spiro atoms. The van der Waals surface area contributed by atoms with Crippen LogP contribution in [0.2, 0.25) is 0 Å². The minimum atomic E-state index is -0.261. The van der Waals surface area contributed by atoms with Gasteiger partial charge in [0.25, 0.3) is 0 Å². The second-order valence-corrected chi connectivity index (χ2v) is 12.5. The fraction of sp³-hybridized carbons (Fsp3) is 0.656. The third kappa shape index (κ3) is 6.07. The van der Waals surface area contributed by atoms with E-state index < -0.39 is 0 Å². The normalized spacial score (nSPS) is 25.1. The molecule has 42 heavy (non-hydrogen) atoms. The fourth-order valence-electron chi connectivity index (χ4n) is 7.26. The number of nitrogens with two attached hydrogens (primary N) is 1. The number of aromatic nitrogens is 3. The summed E-state index contributed by atoms with van der Waals surface area (Å²) >= 11 is 0. The van der Waals surface area contributed by atoms with E-state index in [2.05, 4.69) is 45.0 Å². The number of aliphatic hydroxyl groups excluding tert-OH is 1. The quantitative estimate of drug-likeness (QED) is 0.451. The van der Waals surface area contributed by atoms with Crippen molar-refractivity contribution in [3.8, 4) is 0 Å². The Morgan fingerprint density at radius 1 is 1.02 bits per heavy atom. The lowest BCUT2D eigenvalue weighted by molar-refractivity contribution is 0.0735. The van der Waals surface area contributed by atoms with Crippen molar-refractivity contribution < 1.29 is 9.84 Å². The topological polar surface area (TPSA) is 116 Å². The molecular formula is C32H48N8O2. The van der Waals surface area contributed by atoms with E-state index in [9.17, 15) is 5.11 Å². The van der Waals surface area contributed by atoms with Crippen molar-refractivity contribution in [1.29, 1.82) is 0 Å². The Labute approximate surface area is 250 Å². The Kier molecular flexibility index (Phi) is 8.83. The number of anilines is 2. The van der Waals surface area contributed by atoms with E-state index in [1.54, 1.807) is 7.11 Å². The Balaban J connectivity index is 1.25. The van der Waals surface area contributed by atoms with Gasteiger partial charge in [-0.05, 0) is 76.5 Å². The molecule has 2 saturated heterocycles. The van der Waals surface area contributed by atoms with Crippen LogP contribution in [0.3, 0.4) is 0 Å². The van der Waals surface area contributed by atoms with Gasteiger partial charge in [0.15, 0.2) is 5.82 Å². The molecule has 228 valence electrons. The summed E-state index contributed by atoms with van der Waals surface area (Å²) in [6, 6.07) is 0.878. The number of ether oxygens (including phenoxy) is 1. The summed E-state index contributed by atoms with van der Waals surface area (Å²) in [5.74, 6) is 2.13. The molecule has 0 aromatic carbocycles. The third-order valence-corrected chi connectivity index (χ3v) is 9.81. The minimum absolute atomic E-state index is 0.188. The highest BCUT2D eigenvalue weighted by atomic mass is 16.5. The van der Waals surface area contributed by atoms with Gasteiger partial charge < -0.3 is 30.7 Å². The van der Waals surface area contributed by atoms with E-state index in [1.165, 1.54) is 44.7 Å². The van der Waals surface area contributed by atoms with Crippen LogP contribution in [0.15, 0.2) is 23.7 Å². The lowest BCUT2D eigenvalue weighted by Crippen LogP contribution is -2.52. The number of methoxy groups -OCH3 is 1. The molecular weight excluding hydrogens is 528 g/mol. The number of rotatable bonds is 7. The van der Waals surface area contributed by atoms with Crippen LogP contribution in [0.5, 0.6) is 0 Å². The molecule has 2 atom stereocenters. The Morgan fingerprint density at radius 2 is 1.81 bits per heavy atom. The summed E-state index contributed by atoms with van der Waals surface area (Å²) in [5.41, 5.74) is 12.1.